The zero-order chi connectivity index (χ0) is 30.3. The molecule has 0 radical (unpaired) electrons. The SMILES string of the molecule is CC[C@H](C(=O)NC(C)C)N(Cc1ccc(Cl)cc1)C(=O)CN(c1ccc(OC)c(Cl)c1)S(=O)(=O)c1ccc(C)cc1. The topological polar surface area (TPSA) is 96.0 Å². The average Bonchev–Trinajstić information content (AvgIpc) is 2.92. The molecule has 3 aromatic carbocycles. The number of nitrogens with one attached hydrogen (secondary N) is 1. The third-order valence-corrected chi connectivity index (χ3v) is 8.73. The van der Waals surface area contributed by atoms with Gasteiger partial charge in [-0.15, -0.1) is 0 Å². The van der Waals surface area contributed by atoms with Gasteiger partial charge >= 0.3 is 0 Å². The molecule has 0 aromatic heterocycles. The van der Waals surface area contributed by atoms with E-state index in [2.05, 4.69) is 5.32 Å². The highest BCUT2D eigenvalue weighted by molar-refractivity contribution is 7.92. The van der Waals surface area contributed by atoms with Gasteiger partial charge < -0.3 is 15.0 Å². The van der Waals surface area contributed by atoms with Crippen LogP contribution in [-0.4, -0.2) is 50.9 Å². The van der Waals surface area contributed by atoms with Crippen LogP contribution >= 0.6 is 23.2 Å². The summed E-state index contributed by atoms with van der Waals surface area (Å²) < 4.78 is 34.2. The third kappa shape index (κ3) is 8.15. The molecule has 0 fully saturated rings. The Morgan fingerprint density at radius 1 is 0.976 bits per heavy atom. The summed E-state index contributed by atoms with van der Waals surface area (Å²) in [5, 5.41) is 3.59. The van der Waals surface area contributed by atoms with Crippen molar-refractivity contribution in [3.63, 3.8) is 0 Å². The highest BCUT2D eigenvalue weighted by Crippen LogP contribution is 2.32. The zero-order valence-corrected chi connectivity index (χ0v) is 26.1. The number of carbonyl (C=O) groups excluding carboxylic acids is 2. The fourth-order valence-corrected chi connectivity index (χ4v) is 6.05. The number of anilines is 1. The molecule has 0 heterocycles. The Balaban J connectivity index is 2.09. The first-order valence-electron chi connectivity index (χ1n) is 13.1. The Kier molecular flexibility index (Phi) is 11.1. The van der Waals surface area contributed by atoms with E-state index in [1.807, 2.05) is 20.8 Å². The lowest BCUT2D eigenvalue weighted by atomic mass is 10.1. The number of carbonyl (C=O) groups is 2. The summed E-state index contributed by atoms with van der Waals surface area (Å²) in [6.07, 6.45) is 0.316. The number of aryl methyl sites for hydroxylation is 1. The van der Waals surface area contributed by atoms with E-state index >= 15 is 0 Å². The lowest BCUT2D eigenvalue weighted by molar-refractivity contribution is -0.140. The molecular formula is C30H35Cl2N3O5S. The number of ether oxygens (including phenoxy) is 1. The monoisotopic (exact) mass is 619 g/mol. The van der Waals surface area contributed by atoms with Gasteiger partial charge in [-0.05, 0) is 75.2 Å². The molecule has 0 aliphatic carbocycles. The Hall–Kier alpha value is -3.27. The fourth-order valence-electron chi connectivity index (χ4n) is 4.26. The molecule has 0 aliphatic rings. The summed E-state index contributed by atoms with van der Waals surface area (Å²) in [6.45, 7) is 6.82. The molecule has 41 heavy (non-hydrogen) atoms. The Morgan fingerprint density at radius 3 is 2.15 bits per heavy atom. The summed E-state index contributed by atoms with van der Waals surface area (Å²) in [5.74, 6) is -0.534. The minimum absolute atomic E-state index is 0.0108. The van der Waals surface area contributed by atoms with Crippen molar-refractivity contribution in [1.82, 2.24) is 10.2 Å². The second-order valence-electron chi connectivity index (χ2n) is 9.88. The van der Waals surface area contributed by atoms with Crippen LogP contribution in [0.15, 0.2) is 71.6 Å². The molecule has 0 saturated heterocycles. The third-order valence-electron chi connectivity index (χ3n) is 6.39. The van der Waals surface area contributed by atoms with Gasteiger partial charge in [-0.3, -0.25) is 13.9 Å². The number of sulfonamides is 1. The number of amides is 2. The van der Waals surface area contributed by atoms with Gasteiger partial charge in [0.15, 0.2) is 0 Å². The van der Waals surface area contributed by atoms with Crippen molar-refractivity contribution < 1.29 is 22.7 Å². The van der Waals surface area contributed by atoms with E-state index in [0.717, 1.165) is 15.4 Å². The fraction of sp³-hybridized carbons (Fsp3) is 0.333. The lowest BCUT2D eigenvalue weighted by Gasteiger charge is -2.33. The molecule has 220 valence electrons. The summed E-state index contributed by atoms with van der Waals surface area (Å²) in [5.41, 5.74) is 1.80. The van der Waals surface area contributed by atoms with Gasteiger partial charge in [0.25, 0.3) is 10.0 Å². The molecule has 0 spiro atoms. The Labute approximate surface area is 252 Å². The number of benzene rings is 3. The number of nitrogens with zero attached hydrogens (tertiary/aromatic N) is 2. The van der Waals surface area contributed by atoms with Gasteiger partial charge in [-0.2, -0.15) is 0 Å². The first-order chi connectivity index (χ1) is 19.4. The van der Waals surface area contributed by atoms with Crippen molar-refractivity contribution in [2.24, 2.45) is 0 Å². The van der Waals surface area contributed by atoms with Crippen molar-refractivity contribution in [3.05, 3.63) is 87.9 Å². The highest BCUT2D eigenvalue weighted by atomic mass is 35.5. The molecule has 11 heteroatoms. The van der Waals surface area contributed by atoms with E-state index in [4.69, 9.17) is 27.9 Å². The maximum atomic E-state index is 14.1. The zero-order valence-electron chi connectivity index (χ0n) is 23.7. The van der Waals surface area contributed by atoms with Crippen LogP contribution in [0.5, 0.6) is 5.75 Å². The van der Waals surface area contributed by atoms with Crippen LogP contribution < -0.4 is 14.4 Å². The molecular weight excluding hydrogens is 585 g/mol. The van der Waals surface area contributed by atoms with E-state index in [0.29, 0.717) is 17.2 Å². The van der Waals surface area contributed by atoms with E-state index < -0.39 is 28.5 Å². The lowest BCUT2D eigenvalue weighted by Crippen LogP contribution is -2.53. The van der Waals surface area contributed by atoms with Gasteiger partial charge in [-0.25, -0.2) is 8.42 Å². The predicted octanol–water partition coefficient (Wildman–Crippen LogP) is 5.84. The quantitative estimate of drug-likeness (QED) is 0.275. The van der Waals surface area contributed by atoms with Gasteiger partial charge in [-0.1, -0.05) is 60.0 Å². The second kappa shape index (κ2) is 14.1. The molecule has 0 unspecified atom stereocenters. The standard InChI is InChI=1S/C30H35Cl2N3O5S/c1-6-27(30(37)33-20(2)3)34(18-22-9-11-23(31)12-10-22)29(36)19-35(24-13-16-28(40-5)26(32)17-24)41(38,39)25-14-7-21(4)8-15-25/h7-17,20,27H,6,18-19H2,1-5H3,(H,33,37)/t27-/m1/s1. The van der Waals surface area contributed by atoms with E-state index in [1.165, 1.54) is 42.3 Å². The van der Waals surface area contributed by atoms with Crippen LogP contribution in [0.3, 0.4) is 0 Å². The summed E-state index contributed by atoms with van der Waals surface area (Å²) in [7, 11) is -2.77. The Morgan fingerprint density at radius 2 is 1.61 bits per heavy atom. The van der Waals surface area contributed by atoms with Crippen molar-refractivity contribution in [3.8, 4) is 5.75 Å². The molecule has 0 aliphatic heterocycles. The molecule has 2 amide bonds. The minimum atomic E-state index is -4.22. The van der Waals surface area contributed by atoms with Crippen molar-refractivity contribution in [2.75, 3.05) is 18.0 Å². The predicted molar refractivity (Wildman–Crippen MR) is 163 cm³/mol. The van der Waals surface area contributed by atoms with Crippen LogP contribution in [0, 0.1) is 6.92 Å². The number of hydrogen-bond donors (Lipinski definition) is 1. The van der Waals surface area contributed by atoms with Gasteiger partial charge in [0.1, 0.15) is 18.3 Å². The number of methoxy groups -OCH3 is 1. The summed E-state index contributed by atoms with van der Waals surface area (Å²) >= 11 is 12.4. The largest absolute Gasteiger partial charge is 0.495 e. The molecule has 1 atom stereocenters. The normalized spacial score (nSPS) is 12.1. The smallest absolute Gasteiger partial charge is 0.264 e. The van der Waals surface area contributed by atoms with Crippen LogP contribution in [0.1, 0.15) is 38.3 Å². The summed E-state index contributed by atoms with van der Waals surface area (Å²) in [4.78, 5) is 28.7. The van der Waals surface area contributed by atoms with E-state index in [9.17, 15) is 18.0 Å². The van der Waals surface area contributed by atoms with Gasteiger partial charge in [0.2, 0.25) is 11.8 Å². The second-order valence-corrected chi connectivity index (χ2v) is 12.6. The molecule has 3 aromatic rings. The molecule has 8 nitrogen and oxygen atoms in total. The van der Waals surface area contributed by atoms with Crippen LogP contribution in [0.2, 0.25) is 10.0 Å². The summed E-state index contributed by atoms with van der Waals surface area (Å²) in [6, 6.07) is 16.8. The number of hydrogen-bond acceptors (Lipinski definition) is 5. The maximum absolute atomic E-state index is 14.1. The highest BCUT2D eigenvalue weighted by Gasteiger charge is 2.34. The molecule has 0 saturated carbocycles. The van der Waals surface area contributed by atoms with E-state index in [-0.39, 0.29) is 34.1 Å². The minimum Gasteiger partial charge on any atom is -0.495 e. The van der Waals surface area contributed by atoms with Crippen LogP contribution in [-0.2, 0) is 26.2 Å². The van der Waals surface area contributed by atoms with Gasteiger partial charge in [0.05, 0.1) is 22.7 Å². The van der Waals surface area contributed by atoms with Crippen molar-refractivity contribution in [1.29, 1.82) is 0 Å². The first-order valence-corrected chi connectivity index (χ1v) is 15.3. The number of halogens is 2. The maximum Gasteiger partial charge on any atom is 0.264 e. The van der Waals surface area contributed by atoms with Crippen LogP contribution in [0.4, 0.5) is 5.69 Å². The number of rotatable bonds is 12. The van der Waals surface area contributed by atoms with Crippen LogP contribution in [0.25, 0.3) is 0 Å². The molecule has 3 rings (SSSR count). The van der Waals surface area contributed by atoms with Crippen molar-refractivity contribution >= 4 is 50.7 Å². The van der Waals surface area contributed by atoms with Crippen molar-refractivity contribution in [2.45, 2.75) is 57.6 Å². The molecule has 1 N–H and O–H groups in total. The first kappa shape index (κ1) is 32.2. The van der Waals surface area contributed by atoms with Gasteiger partial charge in [0, 0.05) is 17.6 Å². The average molecular weight is 621 g/mol. The molecule has 0 bridgehead atoms. The Bertz CT molecular complexity index is 1460. The van der Waals surface area contributed by atoms with E-state index in [1.54, 1.807) is 43.3 Å².